The number of guanidine groups is 1. The highest BCUT2D eigenvalue weighted by Crippen LogP contribution is 2.25. The minimum Gasteiger partial charge on any atom is -0.379 e. The van der Waals surface area contributed by atoms with Crippen molar-refractivity contribution in [2.75, 3.05) is 39.9 Å². The van der Waals surface area contributed by atoms with Crippen LogP contribution < -0.4 is 10.6 Å². The van der Waals surface area contributed by atoms with E-state index in [9.17, 15) is 4.39 Å². The standard InChI is InChI=1S/C20H27FN4OS/c1-15-5-6-16(12-17(15)21)13-23-20(22-2)24-14-18(19-4-3-11-27-19)25-7-9-26-10-8-25/h3-6,11-12,18H,7-10,13-14H2,1-2H3,(H2,22,23,24). The fourth-order valence-corrected chi connectivity index (χ4v) is 3.99. The Morgan fingerprint density at radius 2 is 2.11 bits per heavy atom. The molecule has 7 heteroatoms. The van der Waals surface area contributed by atoms with E-state index in [1.54, 1.807) is 37.4 Å². The van der Waals surface area contributed by atoms with E-state index in [0.29, 0.717) is 18.1 Å². The molecule has 2 aromatic rings. The maximum atomic E-state index is 13.7. The van der Waals surface area contributed by atoms with Crippen molar-refractivity contribution < 1.29 is 9.13 Å². The minimum atomic E-state index is -0.178. The first-order valence-corrected chi connectivity index (χ1v) is 10.1. The Balaban J connectivity index is 1.58. The van der Waals surface area contributed by atoms with E-state index in [1.165, 1.54) is 4.88 Å². The van der Waals surface area contributed by atoms with Crippen molar-refractivity contribution in [2.24, 2.45) is 4.99 Å². The molecule has 0 aliphatic carbocycles. The van der Waals surface area contributed by atoms with Gasteiger partial charge in [0, 0.05) is 38.1 Å². The second kappa shape index (κ2) is 9.82. The lowest BCUT2D eigenvalue weighted by Gasteiger charge is -2.34. The molecule has 27 heavy (non-hydrogen) atoms. The maximum Gasteiger partial charge on any atom is 0.191 e. The smallest absolute Gasteiger partial charge is 0.191 e. The number of ether oxygens (including phenoxy) is 1. The van der Waals surface area contributed by atoms with Crippen LogP contribution in [0, 0.1) is 12.7 Å². The summed E-state index contributed by atoms with van der Waals surface area (Å²) in [5.41, 5.74) is 1.55. The van der Waals surface area contributed by atoms with Crippen LogP contribution in [-0.4, -0.2) is 50.8 Å². The molecular weight excluding hydrogens is 363 g/mol. The van der Waals surface area contributed by atoms with Crippen LogP contribution in [0.25, 0.3) is 0 Å². The van der Waals surface area contributed by atoms with Crippen molar-refractivity contribution in [3.8, 4) is 0 Å². The van der Waals surface area contributed by atoms with E-state index in [2.05, 4.69) is 38.0 Å². The van der Waals surface area contributed by atoms with Crippen LogP contribution in [0.15, 0.2) is 40.7 Å². The first-order valence-electron chi connectivity index (χ1n) is 9.22. The Labute approximate surface area is 164 Å². The molecule has 0 spiro atoms. The Hall–Kier alpha value is -1.96. The van der Waals surface area contributed by atoms with Gasteiger partial charge in [-0.2, -0.15) is 0 Å². The minimum absolute atomic E-state index is 0.178. The van der Waals surface area contributed by atoms with E-state index < -0.39 is 0 Å². The number of aryl methyl sites for hydroxylation is 1. The average molecular weight is 391 g/mol. The SMILES string of the molecule is CN=C(NCc1ccc(C)c(F)c1)NCC(c1cccs1)N1CCOCC1. The fourth-order valence-electron chi connectivity index (χ4n) is 3.13. The lowest BCUT2D eigenvalue weighted by Crippen LogP contribution is -2.46. The summed E-state index contributed by atoms with van der Waals surface area (Å²) in [5.74, 6) is 0.535. The van der Waals surface area contributed by atoms with Crippen molar-refractivity contribution in [1.82, 2.24) is 15.5 Å². The van der Waals surface area contributed by atoms with Crippen LogP contribution >= 0.6 is 11.3 Å². The maximum absolute atomic E-state index is 13.7. The largest absolute Gasteiger partial charge is 0.379 e. The summed E-state index contributed by atoms with van der Waals surface area (Å²) in [6, 6.07) is 9.85. The Kier molecular flexibility index (Phi) is 7.20. The second-order valence-electron chi connectivity index (χ2n) is 6.57. The van der Waals surface area contributed by atoms with Crippen molar-refractivity contribution in [1.29, 1.82) is 0 Å². The lowest BCUT2D eigenvalue weighted by atomic mass is 10.1. The number of nitrogens with zero attached hydrogens (tertiary/aromatic N) is 2. The molecule has 1 aliphatic heterocycles. The van der Waals surface area contributed by atoms with Gasteiger partial charge in [-0.25, -0.2) is 4.39 Å². The highest BCUT2D eigenvalue weighted by atomic mass is 32.1. The first kappa shape index (κ1) is 19.8. The summed E-state index contributed by atoms with van der Waals surface area (Å²) >= 11 is 1.77. The molecular formula is C20H27FN4OS. The molecule has 1 saturated heterocycles. The average Bonchev–Trinajstić information content (AvgIpc) is 3.22. The summed E-state index contributed by atoms with van der Waals surface area (Å²) in [6.45, 7) is 6.45. The summed E-state index contributed by atoms with van der Waals surface area (Å²) in [4.78, 5) is 8.09. The zero-order valence-electron chi connectivity index (χ0n) is 15.9. The lowest BCUT2D eigenvalue weighted by molar-refractivity contribution is 0.0177. The molecule has 1 aliphatic rings. The third-order valence-electron chi connectivity index (χ3n) is 4.74. The van der Waals surface area contributed by atoms with Gasteiger partial charge >= 0.3 is 0 Å². The van der Waals surface area contributed by atoms with Crippen molar-refractivity contribution in [3.05, 3.63) is 57.5 Å². The molecule has 0 saturated carbocycles. The monoisotopic (exact) mass is 390 g/mol. The van der Waals surface area contributed by atoms with Gasteiger partial charge in [0.2, 0.25) is 0 Å². The molecule has 2 N–H and O–H groups in total. The van der Waals surface area contributed by atoms with E-state index in [4.69, 9.17) is 4.74 Å². The van der Waals surface area contributed by atoms with Gasteiger partial charge in [0.05, 0.1) is 19.3 Å². The number of rotatable bonds is 6. The summed E-state index contributed by atoms with van der Waals surface area (Å²) < 4.78 is 19.2. The third kappa shape index (κ3) is 5.51. The molecule has 5 nitrogen and oxygen atoms in total. The van der Waals surface area contributed by atoms with Crippen molar-refractivity contribution in [2.45, 2.75) is 19.5 Å². The summed E-state index contributed by atoms with van der Waals surface area (Å²) in [6.07, 6.45) is 0. The molecule has 1 aromatic carbocycles. The number of thiophene rings is 1. The van der Waals surface area contributed by atoms with Gasteiger partial charge in [0.15, 0.2) is 5.96 Å². The molecule has 0 radical (unpaired) electrons. The van der Waals surface area contributed by atoms with Gasteiger partial charge in [-0.15, -0.1) is 11.3 Å². The van der Waals surface area contributed by atoms with Crippen LogP contribution in [0.1, 0.15) is 22.0 Å². The van der Waals surface area contributed by atoms with E-state index in [1.807, 2.05) is 6.07 Å². The molecule has 0 amide bonds. The Morgan fingerprint density at radius 3 is 2.78 bits per heavy atom. The molecule has 1 atom stereocenters. The number of aliphatic imine (C=N–C) groups is 1. The molecule has 3 rings (SSSR count). The van der Waals surface area contributed by atoms with E-state index in [-0.39, 0.29) is 11.9 Å². The van der Waals surface area contributed by atoms with Gasteiger partial charge in [-0.05, 0) is 35.6 Å². The predicted octanol–water partition coefficient (Wildman–Crippen LogP) is 2.93. The van der Waals surface area contributed by atoms with Crippen molar-refractivity contribution >= 4 is 17.3 Å². The summed E-state index contributed by atoms with van der Waals surface area (Å²) in [5, 5.41) is 8.80. The molecule has 1 aromatic heterocycles. The van der Waals surface area contributed by atoms with Gasteiger partial charge in [0.25, 0.3) is 0 Å². The third-order valence-corrected chi connectivity index (χ3v) is 5.71. The Morgan fingerprint density at radius 1 is 1.30 bits per heavy atom. The second-order valence-corrected chi connectivity index (χ2v) is 7.55. The molecule has 2 heterocycles. The number of hydrogen-bond donors (Lipinski definition) is 2. The quantitative estimate of drug-likeness (QED) is 0.588. The molecule has 1 fully saturated rings. The van der Waals surface area contributed by atoms with Crippen molar-refractivity contribution in [3.63, 3.8) is 0 Å². The zero-order valence-corrected chi connectivity index (χ0v) is 16.7. The van der Waals surface area contributed by atoms with Gasteiger partial charge in [-0.3, -0.25) is 9.89 Å². The molecule has 146 valence electrons. The Bertz CT molecular complexity index is 744. The highest BCUT2D eigenvalue weighted by Gasteiger charge is 2.23. The number of hydrogen-bond acceptors (Lipinski definition) is 4. The van der Waals surface area contributed by atoms with Crippen LogP contribution in [0.4, 0.5) is 4.39 Å². The zero-order chi connectivity index (χ0) is 19.1. The molecule has 0 bridgehead atoms. The van der Waals surface area contributed by atoms with Crippen LogP contribution in [0.2, 0.25) is 0 Å². The van der Waals surface area contributed by atoms with Gasteiger partial charge in [0.1, 0.15) is 5.82 Å². The predicted molar refractivity (Wildman–Crippen MR) is 109 cm³/mol. The van der Waals surface area contributed by atoms with Gasteiger partial charge in [-0.1, -0.05) is 18.2 Å². The van der Waals surface area contributed by atoms with Crippen LogP contribution in [0.3, 0.4) is 0 Å². The number of halogens is 1. The highest BCUT2D eigenvalue weighted by molar-refractivity contribution is 7.10. The van der Waals surface area contributed by atoms with E-state index >= 15 is 0 Å². The summed E-state index contributed by atoms with van der Waals surface area (Å²) in [7, 11) is 1.75. The van der Waals surface area contributed by atoms with Crippen LogP contribution in [0.5, 0.6) is 0 Å². The van der Waals surface area contributed by atoms with E-state index in [0.717, 1.165) is 38.4 Å². The number of nitrogens with one attached hydrogen (secondary N) is 2. The number of morpholine rings is 1. The fraction of sp³-hybridized carbons (Fsp3) is 0.450. The topological polar surface area (TPSA) is 48.9 Å². The normalized spacial score (nSPS) is 16.9. The molecule has 1 unspecified atom stereocenters. The first-order chi connectivity index (χ1) is 13.2. The van der Waals surface area contributed by atoms with Crippen LogP contribution in [-0.2, 0) is 11.3 Å². The number of benzene rings is 1. The van der Waals surface area contributed by atoms with Gasteiger partial charge < -0.3 is 15.4 Å².